The summed E-state index contributed by atoms with van der Waals surface area (Å²) in [5, 5.41) is 7.90. The zero-order valence-electron chi connectivity index (χ0n) is 10.2. The highest BCUT2D eigenvalue weighted by Gasteiger charge is 2.06. The minimum absolute atomic E-state index is 0.334. The number of hydrogen-bond acceptors (Lipinski definition) is 3. The van der Waals surface area contributed by atoms with E-state index in [9.17, 15) is 4.79 Å². The molecule has 0 spiro atoms. The summed E-state index contributed by atoms with van der Waals surface area (Å²) < 4.78 is 0. The summed E-state index contributed by atoms with van der Waals surface area (Å²) in [6.07, 6.45) is 1.38. The molecule has 0 saturated carbocycles. The fraction of sp³-hybridized carbons (Fsp3) is 0. The third kappa shape index (κ3) is 3.61. The smallest absolute Gasteiger partial charge is 0.250 e. The van der Waals surface area contributed by atoms with Crippen LogP contribution >= 0.6 is 0 Å². The van der Waals surface area contributed by atoms with E-state index in [2.05, 4.69) is 10.2 Å². The normalized spacial score (nSPS) is 11.7. The van der Waals surface area contributed by atoms with Crippen molar-refractivity contribution in [3.63, 3.8) is 0 Å². The lowest BCUT2D eigenvalue weighted by Gasteiger charge is -2.00. The van der Waals surface area contributed by atoms with Gasteiger partial charge in [-0.25, -0.2) is 0 Å². The van der Waals surface area contributed by atoms with Crippen LogP contribution < -0.4 is 5.73 Å². The van der Waals surface area contributed by atoms with Crippen LogP contribution in [-0.4, -0.2) is 5.91 Å². The molecule has 0 atom stereocenters. The summed E-state index contributed by atoms with van der Waals surface area (Å²) in [7, 11) is 0. The average Bonchev–Trinajstić information content (AvgIpc) is 2.45. The van der Waals surface area contributed by atoms with Gasteiger partial charge in [-0.3, -0.25) is 4.79 Å². The van der Waals surface area contributed by atoms with Crippen LogP contribution in [-0.2, 0) is 4.79 Å². The Balaban J connectivity index is 2.24. The van der Waals surface area contributed by atoms with Crippen molar-refractivity contribution in [2.45, 2.75) is 0 Å². The first kappa shape index (κ1) is 12.7. The van der Waals surface area contributed by atoms with Crippen LogP contribution in [0.2, 0.25) is 0 Å². The molecule has 4 nitrogen and oxygen atoms in total. The van der Waals surface area contributed by atoms with E-state index in [1.807, 2.05) is 48.5 Å². The predicted molar refractivity (Wildman–Crippen MR) is 74.6 cm³/mol. The molecule has 0 aromatic heterocycles. The van der Waals surface area contributed by atoms with Crippen LogP contribution in [0.25, 0.3) is 5.57 Å². The summed E-state index contributed by atoms with van der Waals surface area (Å²) in [5.74, 6) is -0.529. The summed E-state index contributed by atoms with van der Waals surface area (Å²) in [4.78, 5) is 11.4. The Bertz CT molecular complexity index is 604. The van der Waals surface area contributed by atoms with Gasteiger partial charge in [0.1, 0.15) is 0 Å². The maximum atomic E-state index is 11.4. The van der Waals surface area contributed by atoms with Crippen LogP contribution in [0.5, 0.6) is 0 Å². The number of nitrogens with zero attached hydrogens (tertiary/aromatic N) is 2. The number of carbonyl (C=O) groups is 1. The number of primary amides is 1. The second-order valence-electron chi connectivity index (χ2n) is 3.82. The van der Waals surface area contributed by atoms with Crippen molar-refractivity contribution in [3.05, 3.63) is 72.4 Å². The van der Waals surface area contributed by atoms with Crippen molar-refractivity contribution in [1.82, 2.24) is 0 Å². The molecule has 4 heteroatoms. The van der Waals surface area contributed by atoms with E-state index in [-0.39, 0.29) is 0 Å². The number of benzene rings is 2. The van der Waals surface area contributed by atoms with Gasteiger partial charge in [0.15, 0.2) is 0 Å². The number of azo groups is 1. The molecule has 19 heavy (non-hydrogen) atoms. The standard InChI is InChI=1S/C15H13N3O/c16-15(19)14(12-7-3-1-4-8-12)11-17-18-13-9-5-2-6-10-13/h1-11H,(H2,16,19). The molecule has 2 rings (SSSR count). The summed E-state index contributed by atoms with van der Waals surface area (Å²) in [6, 6.07) is 18.4. The molecule has 0 aliphatic carbocycles. The zero-order chi connectivity index (χ0) is 13.5. The van der Waals surface area contributed by atoms with Gasteiger partial charge in [-0.1, -0.05) is 48.5 Å². The molecule has 0 fully saturated rings. The van der Waals surface area contributed by atoms with Crippen molar-refractivity contribution < 1.29 is 4.79 Å². The van der Waals surface area contributed by atoms with Gasteiger partial charge in [0.05, 0.1) is 17.5 Å². The molecule has 1 amide bonds. The molecule has 0 saturated heterocycles. The SMILES string of the molecule is NC(=O)C(=CN=Nc1ccccc1)c1ccccc1. The van der Waals surface area contributed by atoms with Gasteiger partial charge in [0.2, 0.25) is 0 Å². The van der Waals surface area contributed by atoms with E-state index in [1.165, 1.54) is 6.20 Å². The maximum absolute atomic E-state index is 11.4. The highest BCUT2D eigenvalue weighted by atomic mass is 16.1. The Kier molecular flexibility index (Phi) is 4.18. The van der Waals surface area contributed by atoms with Crippen LogP contribution in [0, 0.1) is 0 Å². The summed E-state index contributed by atoms with van der Waals surface area (Å²) >= 11 is 0. The quantitative estimate of drug-likeness (QED) is 0.657. The molecule has 2 aromatic carbocycles. The average molecular weight is 251 g/mol. The van der Waals surface area contributed by atoms with Crippen molar-refractivity contribution >= 4 is 17.2 Å². The Morgan fingerprint density at radius 3 is 2.11 bits per heavy atom. The fourth-order valence-corrected chi connectivity index (χ4v) is 1.55. The first-order valence-electron chi connectivity index (χ1n) is 5.78. The molecule has 2 N–H and O–H groups in total. The highest BCUT2D eigenvalue weighted by Crippen LogP contribution is 2.15. The molecule has 0 aliphatic heterocycles. The Morgan fingerprint density at radius 2 is 1.53 bits per heavy atom. The third-order valence-electron chi connectivity index (χ3n) is 2.47. The first-order chi connectivity index (χ1) is 9.27. The molecule has 0 bridgehead atoms. The number of carbonyl (C=O) groups excluding carboxylic acids is 1. The second-order valence-corrected chi connectivity index (χ2v) is 3.82. The lowest BCUT2D eigenvalue weighted by atomic mass is 10.1. The van der Waals surface area contributed by atoms with Crippen molar-refractivity contribution in [3.8, 4) is 0 Å². The van der Waals surface area contributed by atoms with Crippen molar-refractivity contribution in [1.29, 1.82) is 0 Å². The second kappa shape index (κ2) is 6.26. The van der Waals surface area contributed by atoms with Gasteiger partial charge in [-0.2, -0.15) is 10.2 Å². The maximum Gasteiger partial charge on any atom is 0.250 e. The molecule has 94 valence electrons. The lowest BCUT2D eigenvalue weighted by molar-refractivity contribution is -0.112. The van der Waals surface area contributed by atoms with Gasteiger partial charge >= 0.3 is 0 Å². The molecule has 0 aliphatic rings. The number of rotatable bonds is 4. The molecule has 2 aromatic rings. The predicted octanol–water partition coefficient (Wildman–Crippen LogP) is 3.30. The van der Waals surface area contributed by atoms with Gasteiger partial charge in [-0.05, 0) is 17.7 Å². The van der Waals surface area contributed by atoms with Gasteiger partial charge in [0, 0.05) is 0 Å². The van der Waals surface area contributed by atoms with E-state index < -0.39 is 5.91 Å². The van der Waals surface area contributed by atoms with E-state index in [0.29, 0.717) is 5.57 Å². The van der Waals surface area contributed by atoms with E-state index >= 15 is 0 Å². The molecular weight excluding hydrogens is 238 g/mol. The monoisotopic (exact) mass is 251 g/mol. The number of nitrogens with two attached hydrogens (primary N) is 1. The van der Waals surface area contributed by atoms with Crippen LogP contribution in [0.15, 0.2) is 77.1 Å². The Morgan fingerprint density at radius 1 is 0.947 bits per heavy atom. The largest absolute Gasteiger partial charge is 0.366 e. The third-order valence-corrected chi connectivity index (χ3v) is 2.47. The summed E-state index contributed by atoms with van der Waals surface area (Å²) in [5.41, 5.74) is 7.12. The number of amides is 1. The van der Waals surface area contributed by atoms with E-state index in [0.717, 1.165) is 11.3 Å². The van der Waals surface area contributed by atoms with E-state index in [4.69, 9.17) is 5.73 Å². The molecular formula is C15H13N3O. The van der Waals surface area contributed by atoms with Crippen molar-refractivity contribution in [2.24, 2.45) is 16.0 Å². The molecule has 0 heterocycles. The zero-order valence-corrected chi connectivity index (χ0v) is 10.2. The minimum Gasteiger partial charge on any atom is -0.366 e. The highest BCUT2D eigenvalue weighted by molar-refractivity contribution is 6.18. The van der Waals surface area contributed by atoms with Gasteiger partial charge in [-0.15, -0.1) is 0 Å². The lowest BCUT2D eigenvalue weighted by Crippen LogP contribution is -2.12. The van der Waals surface area contributed by atoms with Crippen molar-refractivity contribution in [2.75, 3.05) is 0 Å². The summed E-state index contributed by atoms with van der Waals surface area (Å²) in [6.45, 7) is 0. The van der Waals surface area contributed by atoms with E-state index in [1.54, 1.807) is 12.1 Å². The van der Waals surface area contributed by atoms with Crippen LogP contribution in [0.3, 0.4) is 0 Å². The Hall–Kier alpha value is -2.75. The van der Waals surface area contributed by atoms with Crippen LogP contribution in [0.4, 0.5) is 5.69 Å². The van der Waals surface area contributed by atoms with Gasteiger partial charge in [0.25, 0.3) is 5.91 Å². The number of hydrogen-bond donors (Lipinski definition) is 1. The fourth-order valence-electron chi connectivity index (χ4n) is 1.55. The van der Waals surface area contributed by atoms with Gasteiger partial charge < -0.3 is 5.73 Å². The molecule has 0 unspecified atom stereocenters. The molecule has 0 radical (unpaired) electrons. The topological polar surface area (TPSA) is 67.8 Å². The Labute approximate surface area is 111 Å². The minimum atomic E-state index is -0.529. The first-order valence-corrected chi connectivity index (χ1v) is 5.78. The van der Waals surface area contributed by atoms with Crippen LogP contribution in [0.1, 0.15) is 5.56 Å².